The van der Waals surface area contributed by atoms with Crippen molar-refractivity contribution in [1.82, 2.24) is 4.98 Å². The number of aryl methyl sites for hydroxylation is 2. The molecule has 1 aliphatic heterocycles. The number of amides is 1. The summed E-state index contributed by atoms with van der Waals surface area (Å²) < 4.78 is 11.2. The summed E-state index contributed by atoms with van der Waals surface area (Å²) in [6.07, 6.45) is 0.170. The van der Waals surface area contributed by atoms with Crippen LogP contribution in [0.5, 0.6) is 0 Å². The maximum absolute atomic E-state index is 12.6. The van der Waals surface area contributed by atoms with Crippen molar-refractivity contribution in [2.45, 2.75) is 20.3 Å². The van der Waals surface area contributed by atoms with Crippen LogP contribution in [-0.2, 0) is 16.0 Å². The number of anilines is 2. The molecule has 4 rings (SSSR count). The van der Waals surface area contributed by atoms with Crippen molar-refractivity contribution in [2.24, 2.45) is 0 Å². The zero-order valence-corrected chi connectivity index (χ0v) is 16.8. The molecule has 1 aromatic heterocycles. The Bertz CT molecular complexity index is 989. The van der Waals surface area contributed by atoms with E-state index >= 15 is 0 Å². The van der Waals surface area contributed by atoms with Crippen LogP contribution in [0.15, 0.2) is 52.9 Å². The molecule has 1 N–H and O–H groups in total. The lowest BCUT2D eigenvalue weighted by Gasteiger charge is -2.29. The van der Waals surface area contributed by atoms with Gasteiger partial charge in [0.1, 0.15) is 5.76 Å². The van der Waals surface area contributed by atoms with Crippen molar-refractivity contribution < 1.29 is 13.9 Å². The van der Waals surface area contributed by atoms with Crippen molar-refractivity contribution in [3.63, 3.8) is 0 Å². The second kappa shape index (κ2) is 8.49. The zero-order valence-electron chi connectivity index (χ0n) is 16.8. The van der Waals surface area contributed by atoms with Gasteiger partial charge in [-0.25, -0.2) is 4.98 Å². The van der Waals surface area contributed by atoms with Crippen molar-refractivity contribution in [2.75, 3.05) is 36.5 Å². The molecule has 0 radical (unpaired) electrons. The average molecular weight is 391 g/mol. The van der Waals surface area contributed by atoms with E-state index in [1.807, 2.05) is 56.3 Å². The molecule has 0 unspecified atom stereocenters. The Morgan fingerprint density at radius 3 is 2.62 bits per heavy atom. The third-order valence-electron chi connectivity index (χ3n) is 5.03. The van der Waals surface area contributed by atoms with E-state index in [0.29, 0.717) is 17.3 Å². The molecule has 2 heterocycles. The van der Waals surface area contributed by atoms with Gasteiger partial charge in [-0.3, -0.25) is 4.79 Å². The van der Waals surface area contributed by atoms with Gasteiger partial charge in [-0.15, -0.1) is 0 Å². The molecular formula is C23H25N3O3. The second-order valence-corrected chi connectivity index (χ2v) is 7.26. The van der Waals surface area contributed by atoms with Crippen molar-refractivity contribution >= 4 is 17.3 Å². The van der Waals surface area contributed by atoms with Crippen LogP contribution >= 0.6 is 0 Å². The van der Waals surface area contributed by atoms with E-state index < -0.39 is 0 Å². The predicted molar refractivity (Wildman–Crippen MR) is 113 cm³/mol. The quantitative estimate of drug-likeness (QED) is 0.713. The van der Waals surface area contributed by atoms with E-state index in [2.05, 4.69) is 21.3 Å². The number of oxazole rings is 1. The minimum absolute atomic E-state index is 0.115. The first kappa shape index (κ1) is 19.2. The molecule has 150 valence electrons. The molecule has 0 atom stereocenters. The number of hydrogen-bond acceptors (Lipinski definition) is 5. The summed E-state index contributed by atoms with van der Waals surface area (Å²) in [6.45, 7) is 7.05. The molecule has 29 heavy (non-hydrogen) atoms. The maximum Gasteiger partial charge on any atom is 0.230 e. The number of benzene rings is 2. The smallest absolute Gasteiger partial charge is 0.230 e. The average Bonchev–Trinajstić information content (AvgIpc) is 3.09. The van der Waals surface area contributed by atoms with E-state index in [4.69, 9.17) is 9.15 Å². The Hall–Kier alpha value is -3.12. The summed E-state index contributed by atoms with van der Waals surface area (Å²) in [5.74, 6) is 1.09. The molecule has 6 heteroatoms. The predicted octanol–water partition coefficient (Wildman–Crippen LogP) is 3.98. The summed E-state index contributed by atoms with van der Waals surface area (Å²) in [4.78, 5) is 19.4. The van der Waals surface area contributed by atoms with Crippen LogP contribution in [0, 0.1) is 13.8 Å². The fourth-order valence-corrected chi connectivity index (χ4v) is 3.37. The molecule has 0 aliphatic carbocycles. The third-order valence-corrected chi connectivity index (χ3v) is 5.03. The van der Waals surface area contributed by atoms with Crippen LogP contribution in [-0.4, -0.2) is 37.2 Å². The van der Waals surface area contributed by atoms with E-state index in [-0.39, 0.29) is 12.3 Å². The summed E-state index contributed by atoms with van der Waals surface area (Å²) in [7, 11) is 0. The molecule has 3 aromatic rings. The molecule has 1 saturated heterocycles. The van der Waals surface area contributed by atoms with Crippen molar-refractivity contribution in [3.05, 3.63) is 65.5 Å². The van der Waals surface area contributed by atoms with E-state index in [1.165, 1.54) is 5.56 Å². The molecule has 1 fully saturated rings. The van der Waals surface area contributed by atoms with Crippen LogP contribution in [0.3, 0.4) is 0 Å². The number of carbonyl (C=O) groups is 1. The number of aromatic nitrogens is 1. The molecule has 1 amide bonds. The Balaban J connectivity index is 1.43. The van der Waals surface area contributed by atoms with Gasteiger partial charge in [0.25, 0.3) is 0 Å². The molecule has 6 nitrogen and oxygen atoms in total. The van der Waals surface area contributed by atoms with E-state index in [9.17, 15) is 4.79 Å². The second-order valence-electron chi connectivity index (χ2n) is 7.26. The third kappa shape index (κ3) is 4.66. The van der Waals surface area contributed by atoms with Crippen LogP contribution in [0.4, 0.5) is 11.4 Å². The summed E-state index contributed by atoms with van der Waals surface area (Å²) in [5, 5.41) is 2.98. The minimum atomic E-state index is -0.115. The Labute approximate surface area is 170 Å². The van der Waals surface area contributed by atoms with Gasteiger partial charge in [-0.2, -0.15) is 0 Å². The number of rotatable bonds is 5. The molecule has 0 spiro atoms. The van der Waals surface area contributed by atoms with Gasteiger partial charge in [0.2, 0.25) is 11.8 Å². The van der Waals surface area contributed by atoms with Gasteiger partial charge in [0, 0.05) is 30.0 Å². The Kier molecular flexibility index (Phi) is 5.62. The number of morpholine rings is 1. The van der Waals surface area contributed by atoms with E-state index in [0.717, 1.165) is 43.2 Å². The zero-order chi connectivity index (χ0) is 20.2. The highest BCUT2D eigenvalue weighted by molar-refractivity contribution is 5.92. The number of hydrogen-bond donors (Lipinski definition) is 1. The highest BCUT2D eigenvalue weighted by Crippen LogP contribution is 2.24. The normalized spacial score (nSPS) is 14.1. The summed E-state index contributed by atoms with van der Waals surface area (Å²) >= 11 is 0. The van der Waals surface area contributed by atoms with Gasteiger partial charge in [-0.05, 0) is 44.2 Å². The Morgan fingerprint density at radius 2 is 1.86 bits per heavy atom. The molecule has 2 aromatic carbocycles. The van der Waals surface area contributed by atoms with Crippen molar-refractivity contribution in [1.29, 1.82) is 0 Å². The monoisotopic (exact) mass is 391 g/mol. The topological polar surface area (TPSA) is 67.6 Å². The fourth-order valence-electron chi connectivity index (χ4n) is 3.37. The standard InChI is InChI=1S/C23H25N3O3/c1-16-6-8-18(9-7-16)23-25-21(17(2)29-23)15-22(27)24-19-4-3-5-20(14-19)26-10-12-28-13-11-26/h3-9,14H,10-13,15H2,1-2H3,(H,24,27). The van der Waals surface area contributed by atoms with Gasteiger partial charge in [0.05, 0.1) is 25.3 Å². The number of nitrogens with one attached hydrogen (secondary N) is 1. The van der Waals surface area contributed by atoms with Gasteiger partial charge in [-0.1, -0.05) is 23.8 Å². The van der Waals surface area contributed by atoms with Crippen LogP contribution in [0.2, 0.25) is 0 Å². The molecule has 0 saturated carbocycles. The lowest BCUT2D eigenvalue weighted by molar-refractivity contribution is -0.115. The van der Waals surface area contributed by atoms with Crippen LogP contribution in [0.25, 0.3) is 11.5 Å². The summed E-state index contributed by atoms with van der Waals surface area (Å²) in [5.41, 5.74) is 4.60. The minimum Gasteiger partial charge on any atom is -0.441 e. The molecular weight excluding hydrogens is 366 g/mol. The molecule has 1 aliphatic rings. The number of nitrogens with zero attached hydrogens (tertiary/aromatic N) is 2. The van der Waals surface area contributed by atoms with Crippen LogP contribution < -0.4 is 10.2 Å². The van der Waals surface area contributed by atoms with Gasteiger partial charge < -0.3 is 19.4 Å². The first-order chi connectivity index (χ1) is 14.1. The highest BCUT2D eigenvalue weighted by Gasteiger charge is 2.16. The summed E-state index contributed by atoms with van der Waals surface area (Å²) in [6, 6.07) is 15.9. The SMILES string of the molecule is Cc1ccc(-c2nc(CC(=O)Nc3cccc(N4CCOCC4)c3)c(C)o2)cc1. The van der Waals surface area contributed by atoms with Crippen LogP contribution in [0.1, 0.15) is 17.0 Å². The highest BCUT2D eigenvalue weighted by atomic mass is 16.5. The van der Waals surface area contributed by atoms with Gasteiger partial charge in [0.15, 0.2) is 0 Å². The fraction of sp³-hybridized carbons (Fsp3) is 0.304. The van der Waals surface area contributed by atoms with Crippen molar-refractivity contribution in [3.8, 4) is 11.5 Å². The molecule has 0 bridgehead atoms. The lowest BCUT2D eigenvalue weighted by Crippen LogP contribution is -2.36. The maximum atomic E-state index is 12.6. The first-order valence-corrected chi connectivity index (χ1v) is 9.84. The Morgan fingerprint density at radius 1 is 1.10 bits per heavy atom. The van der Waals surface area contributed by atoms with E-state index in [1.54, 1.807) is 0 Å². The lowest BCUT2D eigenvalue weighted by atomic mass is 10.1. The largest absolute Gasteiger partial charge is 0.441 e. The first-order valence-electron chi connectivity index (χ1n) is 9.84. The van der Waals surface area contributed by atoms with Gasteiger partial charge >= 0.3 is 0 Å². The number of ether oxygens (including phenoxy) is 1. The number of carbonyl (C=O) groups excluding carboxylic acids is 1.